The molecule has 188 valence electrons. The monoisotopic (exact) mass is 515 g/mol. The summed E-state index contributed by atoms with van der Waals surface area (Å²) in [5.41, 5.74) is 3.71. The Kier molecular flexibility index (Phi) is 5.72. The van der Waals surface area contributed by atoms with Crippen LogP contribution in [0.5, 0.6) is 0 Å². The van der Waals surface area contributed by atoms with E-state index < -0.39 is 0 Å². The van der Waals surface area contributed by atoms with Gasteiger partial charge in [-0.3, -0.25) is 19.2 Å². The summed E-state index contributed by atoms with van der Waals surface area (Å²) >= 11 is 6.12. The zero-order chi connectivity index (χ0) is 25.8. The van der Waals surface area contributed by atoms with Crippen molar-refractivity contribution < 1.29 is 9.59 Å². The molecule has 1 unspecified atom stereocenters. The van der Waals surface area contributed by atoms with Gasteiger partial charge in [0.2, 0.25) is 5.91 Å². The fraction of sp³-hybridized carbons (Fsp3) is 0.407. The molecule has 3 heterocycles. The number of anilines is 1. The molecule has 6 rings (SSSR count). The molecule has 2 amide bonds. The van der Waals surface area contributed by atoms with E-state index in [1.807, 2.05) is 26.0 Å². The normalized spacial score (nSPS) is 24.7. The molecule has 1 N–H and O–H groups in total. The second kappa shape index (κ2) is 8.96. The van der Waals surface area contributed by atoms with E-state index in [2.05, 4.69) is 26.7 Å². The van der Waals surface area contributed by atoms with E-state index in [4.69, 9.17) is 11.6 Å². The van der Waals surface area contributed by atoms with Gasteiger partial charge in [0.05, 0.1) is 35.1 Å². The minimum Gasteiger partial charge on any atom is -0.349 e. The number of rotatable bonds is 6. The second-order valence-corrected chi connectivity index (χ2v) is 10.8. The number of benzene rings is 1. The molecule has 37 heavy (non-hydrogen) atoms. The number of carbonyl (C=O) groups excluding carboxylic acids is 2. The molecule has 0 spiro atoms. The number of carbonyl (C=O) groups is 2. The van der Waals surface area contributed by atoms with Gasteiger partial charge in [-0.15, -0.1) is 5.10 Å². The molecular formula is C27H26ClN7O2. The van der Waals surface area contributed by atoms with Crippen LogP contribution in [-0.2, 0) is 4.79 Å². The van der Waals surface area contributed by atoms with E-state index in [-0.39, 0.29) is 35.7 Å². The Balaban J connectivity index is 1.08. The molecule has 1 aromatic carbocycles. The quantitative estimate of drug-likeness (QED) is 0.534. The van der Waals surface area contributed by atoms with Crippen molar-refractivity contribution in [1.29, 1.82) is 5.26 Å². The molecule has 1 saturated heterocycles. The van der Waals surface area contributed by atoms with Crippen LogP contribution in [0.3, 0.4) is 0 Å². The first kappa shape index (κ1) is 23.6. The summed E-state index contributed by atoms with van der Waals surface area (Å²) in [6.45, 7) is 4.63. The van der Waals surface area contributed by atoms with Crippen LogP contribution in [0.15, 0.2) is 36.7 Å². The molecule has 9 nitrogen and oxygen atoms in total. The zero-order valence-electron chi connectivity index (χ0n) is 20.6. The Bertz CT molecular complexity index is 1460. The van der Waals surface area contributed by atoms with Crippen LogP contribution in [0.2, 0.25) is 5.02 Å². The van der Waals surface area contributed by atoms with E-state index in [9.17, 15) is 14.9 Å². The summed E-state index contributed by atoms with van der Waals surface area (Å²) in [6.07, 6.45) is 5.78. The zero-order valence-corrected chi connectivity index (χ0v) is 21.3. The summed E-state index contributed by atoms with van der Waals surface area (Å²) < 4.78 is 1.70. The molecule has 2 aliphatic carbocycles. The Morgan fingerprint density at radius 2 is 2.05 bits per heavy atom. The average molecular weight is 516 g/mol. The lowest BCUT2D eigenvalue weighted by atomic mass is 9.74. The highest BCUT2D eigenvalue weighted by Crippen LogP contribution is 2.47. The van der Waals surface area contributed by atoms with E-state index in [0.717, 1.165) is 42.6 Å². The van der Waals surface area contributed by atoms with Gasteiger partial charge in [-0.1, -0.05) is 11.6 Å². The standard InChI is InChI=1S/C27H26ClN7O2/c1-14-5-24(34-12-18-8-23(18)27(34)37)32-33-25(14)15(2)35-13-19(11-30-35)26(36)31-21-6-17(7-21)22-9-20(28)4-3-16(22)10-29/h3-5,9,11,13,15,17-18,21,23H,6-8,12H2,1-2H3,(H,31,36)/t15?,17?,18-,21?,23-/m1/s1. The second-order valence-electron chi connectivity index (χ2n) is 10.4. The van der Waals surface area contributed by atoms with E-state index in [1.54, 1.807) is 34.1 Å². The highest BCUT2D eigenvalue weighted by Gasteiger charge is 2.53. The number of piperidine rings is 1. The summed E-state index contributed by atoms with van der Waals surface area (Å²) in [5.74, 6) is 1.42. The third-order valence-corrected chi connectivity index (χ3v) is 8.15. The Hall–Kier alpha value is -3.77. The van der Waals surface area contributed by atoms with E-state index >= 15 is 0 Å². The van der Waals surface area contributed by atoms with Gasteiger partial charge in [-0.25, -0.2) is 0 Å². The van der Waals surface area contributed by atoms with Crippen molar-refractivity contribution in [3.8, 4) is 6.07 Å². The molecule has 3 atom stereocenters. The van der Waals surface area contributed by atoms with Crippen LogP contribution in [0.4, 0.5) is 5.82 Å². The largest absolute Gasteiger partial charge is 0.349 e. The lowest BCUT2D eigenvalue weighted by Gasteiger charge is -2.36. The maximum absolute atomic E-state index is 12.9. The van der Waals surface area contributed by atoms with Gasteiger partial charge in [0.15, 0.2) is 5.82 Å². The van der Waals surface area contributed by atoms with Gasteiger partial charge in [-0.05, 0) is 80.3 Å². The van der Waals surface area contributed by atoms with E-state index in [1.165, 1.54) is 0 Å². The molecule has 3 aromatic rings. The smallest absolute Gasteiger partial charge is 0.254 e. The van der Waals surface area contributed by atoms with Crippen molar-refractivity contribution in [3.63, 3.8) is 0 Å². The number of nitrogens with zero attached hydrogens (tertiary/aromatic N) is 6. The highest BCUT2D eigenvalue weighted by molar-refractivity contribution is 6.30. The number of halogens is 1. The lowest BCUT2D eigenvalue weighted by Crippen LogP contribution is -2.43. The van der Waals surface area contributed by atoms with Crippen LogP contribution >= 0.6 is 11.6 Å². The fourth-order valence-corrected chi connectivity index (χ4v) is 5.71. The molecule has 3 fully saturated rings. The summed E-state index contributed by atoms with van der Waals surface area (Å²) in [5, 5.41) is 26.2. The van der Waals surface area contributed by atoms with Crippen molar-refractivity contribution in [1.82, 2.24) is 25.3 Å². The summed E-state index contributed by atoms with van der Waals surface area (Å²) in [4.78, 5) is 27.0. The highest BCUT2D eigenvalue weighted by atomic mass is 35.5. The molecule has 2 saturated carbocycles. The van der Waals surface area contributed by atoms with Crippen molar-refractivity contribution >= 4 is 29.2 Å². The van der Waals surface area contributed by atoms with Gasteiger partial charge in [0.25, 0.3) is 5.91 Å². The van der Waals surface area contributed by atoms with Gasteiger partial charge in [-0.2, -0.15) is 15.5 Å². The first-order chi connectivity index (χ1) is 17.8. The van der Waals surface area contributed by atoms with Gasteiger partial charge < -0.3 is 5.32 Å². The van der Waals surface area contributed by atoms with Crippen LogP contribution < -0.4 is 10.2 Å². The van der Waals surface area contributed by atoms with Gasteiger partial charge >= 0.3 is 0 Å². The number of hydrogen-bond donors (Lipinski definition) is 1. The van der Waals surface area contributed by atoms with Crippen LogP contribution in [0.1, 0.15) is 70.9 Å². The number of fused-ring (bicyclic) bond motifs is 1. The Morgan fingerprint density at radius 1 is 1.24 bits per heavy atom. The molecule has 2 aromatic heterocycles. The Labute approximate surface area is 219 Å². The predicted octanol–water partition coefficient (Wildman–Crippen LogP) is 3.77. The van der Waals surface area contributed by atoms with E-state index in [0.29, 0.717) is 27.9 Å². The number of amides is 2. The maximum atomic E-state index is 12.9. The molecule has 0 radical (unpaired) electrons. The number of aromatic nitrogens is 4. The van der Waals surface area contributed by atoms with Crippen LogP contribution in [0.25, 0.3) is 0 Å². The minimum absolute atomic E-state index is 0.0313. The van der Waals surface area contributed by atoms with Crippen molar-refractivity contribution in [2.24, 2.45) is 11.8 Å². The number of nitrogens with one attached hydrogen (secondary N) is 1. The molecular weight excluding hydrogens is 490 g/mol. The number of aryl methyl sites for hydroxylation is 1. The Morgan fingerprint density at radius 3 is 2.76 bits per heavy atom. The summed E-state index contributed by atoms with van der Waals surface area (Å²) in [6, 6.07) is 9.24. The fourth-order valence-electron chi connectivity index (χ4n) is 5.53. The van der Waals surface area contributed by atoms with Crippen molar-refractivity contribution in [3.05, 3.63) is 69.6 Å². The minimum atomic E-state index is -0.230. The van der Waals surface area contributed by atoms with Gasteiger partial charge in [0.1, 0.15) is 0 Å². The van der Waals surface area contributed by atoms with Crippen LogP contribution in [0, 0.1) is 30.1 Å². The summed E-state index contributed by atoms with van der Waals surface area (Å²) in [7, 11) is 0. The SMILES string of the molecule is Cc1cc(N2C[C@H]3C[C@H]3C2=O)nnc1C(C)n1cc(C(=O)NC2CC(c3cc(Cl)ccc3C#N)C2)cn1. The molecule has 10 heteroatoms. The molecule has 0 bridgehead atoms. The topological polar surface area (TPSA) is 117 Å². The number of nitriles is 1. The molecule has 3 aliphatic rings. The van der Waals surface area contributed by atoms with Crippen molar-refractivity contribution in [2.75, 3.05) is 11.4 Å². The first-order valence-electron chi connectivity index (χ1n) is 12.5. The van der Waals surface area contributed by atoms with Crippen LogP contribution in [-0.4, -0.2) is 44.4 Å². The number of hydrogen-bond acceptors (Lipinski definition) is 6. The maximum Gasteiger partial charge on any atom is 0.254 e. The van der Waals surface area contributed by atoms with Crippen molar-refractivity contribution in [2.45, 2.75) is 51.1 Å². The third kappa shape index (κ3) is 4.25. The first-order valence-corrected chi connectivity index (χ1v) is 12.9. The molecule has 1 aliphatic heterocycles. The third-order valence-electron chi connectivity index (χ3n) is 7.91. The predicted molar refractivity (Wildman–Crippen MR) is 136 cm³/mol. The average Bonchev–Trinajstić information content (AvgIpc) is 3.31. The lowest BCUT2D eigenvalue weighted by molar-refractivity contribution is -0.118. The van der Waals surface area contributed by atoms with Gasteiger partial charge in [0, 0.05) is 29.7 Å².